The topological polar surface area (TPSA) is 62.5 Å². The second kappa shape index (κ2) is 6.68. The minimum Gasteiger partial charge on any atom is -0.391 e. The molecule has 1 aromatic carbocycles. The first-order valence-electron chi connectivity index (χ1n) is 7.88. The van der Waals surface area contributed by atoms with Crippen LogP contribution in [0.25, 0.3) is 6.08 Å². The van der Waals surface area contributed by atoms with E-state index in [-0.39, 0.29) is 4.90 Å². The van der Waals surface area contributed by atoms with Crippen molar-refractivity contribution in [2.24, 2.45) is 7.05 Å². The Hall–Kier alpha value is -2.33. The zero-order chi connectivity index (χ0) is 20.1. The summed E-state index contributed by atoms with van der Waals surface area (Å²) < 4.78 is 82.9. The van der Waals surface area contributed by atoms with Gasteiger partial charge in [0.15, 0.2) is 5.82 Å². The molecule has 2 heterocycles. The molecule has 0 spiro atoms. The summed E-state index contributed by atoms with van der Waals surface area (Å²) in [5.41, 5.74) is -1.99. The zero-order valence-electron chi connectivity index (χ0n) is 14.3. The molecule has 2 atom stereocenters. The molecule has 5 nitrogen and oxygen atoms in total. The van der Waals surface area contributed by atoms with Crippen LogP contribution in [-0.2, 0) is 17.1 Å². The molecule has 1 aliphatic heterocycles. The third kappa shape index (κ3) is 3.12. The van der Waals surface area contributed by atoms with Gasteiger partial charge in [-0.2, -0.15) is 0 Å². The van der Waals surface area contributed by atoms with Crippen LogP contribution >= 0.6 is 0 Å². The molecule has 27 heavy (non-hydrogen) atoms. The molecule has 0 amide bonds. The number of alkyl halides is 2. The number of aliphatic hydroxyl groups excluding tert-OH is 1. The number of nitrogens with zero attached hydrogens (tertiary/aromatic N) is 2. The van der Waals surface area contributed by atoms with Crippen molar-refractivity contribution in [3.05, 3.63) is 53.4 Å². The maximum atomic E-state index is 14.7. The van der Waals surface area contributed by atoms with Crippen molar-refractivity contribution in [1.29, 1.82) is 0 Å². The van der Waals surface area contributed by atoms with Gasteiger partial charge >= 0.3 is 0 Å². The van der Waals surface area contributed by atoms with Crippen LogP contribution in [0.3, 0.4) is 0 Å². The predicted molar refractivity (Wildman–Crippen MR) is 90.9 cm³/mol. The third-order valence-electron chi connectivity index (χ3n) is 4.28. The maximum Gasteiger partial charge on any atom is 0.269 e. The molecule has 3 rings (SSSR count). The summed E-state index contributed by atoms with van der Waals surface area (Å²) in [6, 6.07) is 0.0681. The molecule has 0 saturated heterocycles. The second-order valence-electron chi connectivity index (χ2n) is 6.23. The van der Waals surface area contributed by atoms with E-state index in [4.69, 9.17) is 0 Å². The highest BCUT2D eigenvalue weighted by Crippen LogP contribution is 2.38. The van der Waals surface area contributed by atoms with Gasteiger partial charge in [-0.25, -0.2) is 26.0 Å². The monoisotopic (exact) mass is 404 g/mol. The van der Waals surface area contributed by atoms with Crippen LogP contribution in [0.2, 0.25) is 0 Å². The molecule has 0 unspecified atom stereocenters. The van der Waals surface area contributed by atoms with Gasteiger partial charge in [0.2, 0.25) is 0 Å². The highest BCUT2D eigenvalue weighted by atomic mass is 32.2. The fourth-order valence-electron chi connectivity index (χ4n) is 3.04. The van der Waals surface area contributed by atoms with Crippen molar-refractivity contribution in [3.63, 3.8) is 0 Å². The molecule has 1 aromatic heterocycles. The fourth-order valence-corrected chi connectivity index (χ4v) is 4.94. The van der Waals surface area contributed by atoms with E-state index in [0.717, 1.165) is 6.07 Å². The van der Waals surface area contributed by atoms with Crippen molar-refractivity contribution in [3.8, 4) is 0 Å². The average molecular weight is 404 g/mol. The Morgan fingerprint density at radius 2 is 1.85 bits per heavy atom. The Bertz CT molecular complexity index is 1020. The minimum absolute atomic E-state index is 0.188. The van der Waals surface area contributed by atoms with Gasteiger partial charge in [-0.15, -0.1) is 0 Å². The van der Waals surface area contributed by atoms with Gasteiger partial charge in [0.05, 0.1) is 23.4 Å². The van der Waals surface area contributed by atoms with Gasteiger partial charge in [-0.3, -0.25) is 4.31 Å². The number of hydrogen-bond donors (Lipinski definition) is 1. The van der Waals surface area contributed by atoms with Crippen molar-refractivity contribution in [2.45, 2.75) is 30.4 Å². The summed E-state index contributed by atoms with van der Waals surface area (Å²) in [5, 5.41) is 10.1. The number of sulfonamides is 1. The molecule has 0 saturated carbocycles. The van der Waals surface area contributed by atoms with Crippen LogP contribution in [0.1, 0.15) is 24.5 Å². The predicted octanol–water partition coefficient (Wildman–Crippen LogP) is 3.21. The summed E-state index contributed by atoms with van der Waals surface area (Å²) in [5.74, 6) is -3.17. The van der Waals surface area contributed by atoms with Crippen LogP contribution < -0.4 is 4.31 Å². The first-order valence-corrected chi connectivity index (χ1v) is 9.32. The first kappa shape index (κ1) is 19.4. The van der Waals surface area contributed by atoms with E-state index in [1.54, 1.807) is 7.05 Å². The summed E-state index contributed by atoms with van der Waals surface area (Å²) >= 11 is 0. The van der Waals surface area contributed by atoms with Crippen molar-refractivity contribution < 1.29 is 31.1 Å². The third-order valence-corrected chi connectivity index (χ3v) is 6.14. The number of aliphatic hydroxyl groups is 1. The minimum atomic E-state index is -4.44. The Kier molecular flexibility index (Phi) is 4.81. The van der Waals surface area contributed by atoms with E-state index in [1.807, 2.05) is 0 Å². The molecule has 0 radical (unpaired) electrons. The van der Waals surface area contributed by atoms with Crippen molar-refractivity contribution >= 4 is 21.8 Å². The van der Waals surface area contributed by atoms with Gasteiger partial charge in [0.1, 0.15) is 10.7 Å². The smallest absolute Gasteiger partial charge is 0.269 e. The number of benzene rings is 1. The Labute approximate surface area is 153 Å². The van der Waals surface area contributed by atoms with Crippen LogP contribution in [0.5, 0.6) is 0 Å². The molecular weight excluding hydrogens is 388 g/mol. The first-order chi connectivity index (χ1) is 12.6. The fraction of sp³-hybridized carbons (Fsp3) is 0.294. The molecule has 0 fully saturated rings. The molecule has 1 aliphatic rings. The van der Waals surface area contributed by atoms with Crippen molar-refractivity contribution in [2.75, 3.05) is 4.31 Å². The van der Waals surface area contributed by atoms with E-state index in [2.05, 4.69) is 0 Å². The van der Waals surface area contributed by atoms with Gasteiger partial charge < -0.3 is 9.67 Å². The van der Waals surface area contributed by atoms with Gasteiger partial charge in [0, 0.05) is 25.0 Å². The van der Waals surface area contributed by atoms with Crippen LogP contribution in [-0.4, -0.2) is 30.2 Å². The number of aromatic nitrogens is 1. The summed E-state index contributed by atoms with van der Waals surface area (Å²) in [4.78, 5) is -0.188. The second-order valence-corrected chi connectivity index (χ2v) is 8.01. The number of anilines is 1. The molecule has 0 aliphatic carbocycles. The van der Waals surface area contributed by atoms with Gasteiger partial charge in [-0.05, 0) is 19.1 Å². The van der Waals surface area contributed by atoms with E-state index in [1.165, 1.54) is 36.0 Å². The number of hydrogen-bond acceptors (Lipinski definition) is 3. The number of aryl methyl sites for hydroxylation is 1. The summed E-state index contributed by atoms with van der Waals surface area (Å²) in [7, 11) is -2.86. The molecular formula is C17H16F4N2O3S. The maximum absolute atomic E-state index is 14.7. The SMILES string of the molecule is C[C@H](O)[C@H]1C=Cc2cn(C)cc2S(=O)(=O)N1c1ccc(F)c(C(F)F)c1F. The molecule has 0 bridgehead atoms. The number of rotatable bonds is 3. The standard InChI is InChI=1S/C17H16F4N2O3S/c1-9(24)12-5-3-10-7-22(2)8-14(10)27(25,26)23(12)13-6-4-11(18)15(16(13)19)17(20)21/h3-9,12,17,24H,1-2H3/t9-,12+/m0/s1. The molecule has 10 heteroatoms. The summed E-state index contributed by atoms with van der Waals surface area (Å²) in [6.45, 7) is 1.28. The van der Waals surface area contributed by atoms with E-state index in [9.17, 15) is 31.1 Å². The van der Waals surface area contributed by atoms with E-state index >= 15 is 0 Å². The lowest BCUT2D eigenvalue weighted by Crippen LogP contribution is -2.45. The number of fused-ring (bicyclic) bond motifs is 1. The molecule has 1 N–H and O–H groups in total. The van der Waals surface area contributed by atoms with E-state index in [0.29, 0.717) is 15.9 Å². The van der Waals surface area contributed by atoms with Gasteiger partial charge in [-0.1, -0.05) is 12.2 Å². The quantitative estimate of drug-likeness (QED) is 0.800. The van der Waals surface area contributed by atoms with E-state index < -0.39 is 51.5 Å². The Balaban J connectivity index is 2.32. The lowest BCUT2D eigenvalue weighted by atomic mass is 10.1. The normalized spacial score (nSPS) is 19.9. The zero-order valence-corrected chi connectivity index (χ0v) is 15.1. The number of halogens is 4. The lowest BCUT2D eigenvalue weighted by Gasteiger charge is -2.32. The Morgan fingerprint density at radius 1 is 1.19 bits per heavy atom. The Morgan fingerprint density at radius 3 is 2.44 bits per heavy atom. The van der Waals surface area contributed by atoms with Crippen molar-refractivity contribution in [1.82, 2.24) is 4.57 Å². The average Bonchev–Trinajstić information content (AvgIpc) is 2.89. The van der Waals surface area contributed by atoms with Crippen LogP contribution in [0.15, 0.2) is 35.5 Å². The molecule has 2 aromatic rings. The van der Waals surface area contributed by atoms with Crippen LogP contribution in [0.4, 0.5) is 23.2 Å². The highest BCUT2D eigenvalue weighted by molar-refractivity contribution is 7.93. The lowest BCUT2D eigenvalue weighted by molar-refractivity contribution is 0.141. The van der Waals surface area contributed by atoms with Crippen LogP contribution in [0, 0.1) is 11.6 Å². The largest absolute Gasteiger partial charge is 0.391 e. The molecule has 146 valence electrons. The van der Waals surface area contributed by atoms with Gasteiger partial charge in [0.25, 0.3) is 16.4 Å². The summed E-state index contributed by atoms with van der Waals surface area (Å²) in [6.07, 6.45) is 0.790. The highest BCUT2D eigenvalue weighted by Gasteiger charge is 2.39.